The minimum Gasteiger partial charge on any atom is -0.465 e. The monoisotopic (exact) mass is 419 g/mol. The van der Waals surface area contributed by atoms with Gasteiger partial charge in [0, 0.05) is 27.3 Å². The van der Waals surface area contributed by atoms with Crippen LogP contribution >= 0.6 is 11.3 Å². The Hall–Kier alpha value is -2.53. The Morgan fingerprint density at radius 2 is 1.80 bits per heavy atom. The smallest absolute Gasteiger partial charge is 0.337 e. The van der Waals surface area contributed by atoms with Gasteiger partial charge in [-0.2, -0.15) is 0 Å². The van der Waals surface area contributed by atoms with Crippen molar-refractivity contribution in [2.45, 2.75) is 51.9 Å². The summed E-state index contributed by atoms with van der Waals surface area (Å²) >= 11 is 1.80. The van der Waals surface area contributed by atoms with Crippen molar-refractivity contribution in [1.29, 1.82) is 0 Å². The van der Waals surface area contributed by atoms with E-state index in [1.165, 1.54) is 36.8 Å². The number of hydrogen-bond acceptors (Lipinski definition) is 5. The molecule has 30 heavy (non-hydrogen) atoms. The molecule has 3 aromatic rings. The lowest BCUT2D eigenvalue weighted by Crippen LogP contribution is -2.09. The molecule has 0 spiro atoms. The molecule has 1 saturated carbocycles. The number of rotatable bonds is 4. The molecule has 0 radical (unpaired) electrons. The van der Waals surface area contributed by atoms with Gasteiger partial charge in [0.15, 0.2) is 5.78 Å². The molecular weight excluding hydrogens is 394 g/mol. The lowest BCUT2D eigenvalue weighted by molar-refractivity contribution is 0.0600. The first kappa shape index (κ1) is 19.4. The van der Waals surface area contributed by atoms with Crippen LogP contribution in [0.4, 0.5) is 0 Å². The minimum absolute atomic E-state index is 0.133. The summed E-state index contributed by atoms with van der Waals surface area (Å²) in [5.41, 5.74) is 5.50. The molecule has 4 nitrogen and oxygen atoms in total. The van der Waals surface area contributed by atoms with Crippen LogP contribution < -0.4 is 0 Å². The van der Waals surface area contributed by atoms with E-state index in [9.17, 15) is 9.59 Å². The van der Waals surface area contributed by atoms with Crippen molar-refractivity contribution in [1.82, 2.24) is 4.98 Å². The number of aromatic nitrogens is 1. The van der Waals surface area contributed by atoms with E-state index in [4.69, 9.17) is 9.72 Å². The SMILES string of the molecule is COC(=O)c1ccc(-c2c(C(=O)C3CC3)c(C)nc3sc4c(c23)CCCCC4)cc1. The van der Waals surface area contributed by atoms with Crippen LogP contribution in [0.25, 0.3) is 21.3 Å². The van der Waals surface area contributed by atoms with Crippen LogP contribution in [0.15, 0.2) is 24.3 Å². The molecule has 0 bridgehead atoms. The van der Waals surface area contributed by atoms with E-state index < -0.39 is 0 Å². The lowest BCUT2D eigenvalue weighted by atomic mass is 9.89. The summed E-state index contributed by atoms with van der Waals surface area (Å²) in [5, 5.41) is 1.16. The fourth-order valence-electron chi connectivity index (χ4n) is 4.61. The Kier molecular flexibility index (Phi) is 4.94. The maximum Gasteiger partial charge on any atom is 0.337 e. The Balaban J connectivity index is 1.78. The second-order valence-corrected chi connectivity index (χ2v) is 9.48. The number of aryl methyl sites for hydroxylation is 3. The Bertz CT molecular complexity index is 1160. The summed E-state index contributed by atoms with van der Waals surface area (Å²) in [6.07, 6.45) is 7.73. The number of ether oxygens (including phenoxy) is 1. The summed E-state index contributed by atoms with van der Waals surface area (Å²) in [4.78, 5) is 32.6. The fraction of sp³-hybridized carbons (Fsp3) is 0.400. The number of methoxy groups -OCH3 is 1. The van der Waals surface area contributed by atoms with Gasteiger partial charge in [-0.1, -0.05) is 18.6 Å². The van der Waals surface area contributed by atoms with E-state index in [-0.39, 0.29) is 17.7 Å². The normalized spacial score (nSPS) is 16.2. The third-order valence-electron chi connectivity index (χ3n) is 6.32. The molecule has 5 heteroatoms. The van der Waals surface area contributed by atoms with Crippen molar-refractivity contribution in [3.8, 4) is 11.1 Å². The second-order valence-electron chi connectivity index (χ2n) is 8.40. The van der Waals surface area contributed by atoms with Crippen molar-refractivity contribution in [3.05, 3.63) is 51.5 Å². The van der Waals surface area contributed by atoms with Gasteiger partial charge in [0.1, 0.15) is 4.83 Å². The van der Waals surface area contributed by atoms with Crippen LogP contribution in [0, 0.1) is 12.8 Å². The number of nitrogens with zero attached hydrogens (tertiary/aromatic N) is 1. The average molecular weight is 420 g/mol. The van der Waals surface area contributed by atoms with Crippen LogP contribution in [0.1, 0.15) is 69.0 Å². The number of thiophene rings is 1. The van der Waals surface area contributed by atoms with E-state index in [2.05, 4.69) is 0 Å². The third kappa shape index (κ3) is 3.25. The number of esters is 1. The summed E-state index contributed by atoms with van der Waals surface area (Å²) in [5.74, 6) is 0.00656. The standard InChI is InChI=1S/C25H25NO3S/c1-14-20(23(27)16-10-11-16)21(15-8-12-17(13-9-15)25(28)29-2)22-18-6-4-3-5-7-19(18)30-24(22)26-14/h8-9,12-13,16H,3-7,10-11H2,1-2H3. The van der Waals surface area contributed by atoms with E-state index in [1.54, 1.807) is 23.5 Å². The van der Waals surface area contributed by atoms with Gasteiger partial charge in [0.25, 0.3) is 0 Å². The van der Waals surface area contributed by atoms with Crippen molar-refractivity contribution in [2.75, 3.05) is 7.11 Å². The lowest BCUT2D eigenvalue weighted by Gasteiger charge is -2.15. The topological polar surface area (TPSA) is 56.3 Å². The van der Waals surface area contributed by atoms with E-state index in [0.29, 0.717) is 5.56 Å². The second kappa shape index (κ2) is 7.62. The van der Waals surface area contributed by atoms with Gasteiger partial charge >= 0.3 is 5.97 Å². The zero-order chi connectivity index (χ0) is 20.8. The number of carbonyl (C=O) groups is 2. The van der Waals surface area contributed by atoms with E-state index in [1.807, 2.05) is 19.1 Å². The largest absolute Gasteiger partial charge is 0.465 e. The average Bonchev–Trinajstić information content (AvgIpc) is 3.58. The molecule has 0 aliphatic heterocycles. The minimum atomic E-state index is -0.351. The van der Waals surface area contributed by atoms with E-state index in [0.717, 1.165) is 58.3 Å². The molecule has 5 rings (SSSR count). The Morgan fingerprint density at radius 1 is 1.07 bits per heavy atom. The van der Waals surface area contributed by atoms with Gasteiger partial charge in [-0.3, -0.25) is 4.79 Å². The molecular formula is C25H25NO3S. The van der Waals surface area contributed by atoms with Crippen molar-refractivity contribution >= 4 is 33.3 Å². The highest BCUT2D eigenvalue weighted by Crippen LogP contribution is 2.45. The molecule has 0 unspecified atom stereocenters. The van der Waals surface area contributed by atoms with Crippen LogP contribution in [-0.4, -0.2) is 23.8 Å². The number of pyridine rings is 1. The van der Waals surface area contributed by atoms with E-state index >= 15 is 0 Å². The van der Waals surface area contributed by atoms with Gasteiger partial charge in [-0.05, 0) is 68.7 Å². The highest BCUT2D eigenvalue weighted by atomic mass is 32.1. The van der Waals surface area contributed by atoms with Gasteiger partial charge < -0.3 is 4.74 Å². The molecule has 0 saturated heterocycles. The molecule has 2 aromatic heterocycles. The fourth-order valence-corrected chi connectivity index (χ4v) is 5.93. The van der Waals surface area contributed by atoms with Crippen LogP contribution in [-0.2, 0) is 17.6 Å². The molecule has 1 aromatic carbocycles. The van der Waals surface area contributed by atoms with Crippen LogP contribution in [0.2, 0.25) is 0 Å². The maximum absolute atomic E-state index is 13.3. The first-order valence-electron chi connectivity index (χ1n) is 10.8. The molecule has 0 N–H and O–H groups in total. The number of Topliss-reactive ketones (excluding diaryl/α,β-unsaturated/α-hetero) is 1. The van der Waals surface area contributed by atoms with Crippen molar-refractivity contribution in [2.24, 2.45) is 5.92 Å². The summed E-state index contributed by atoms with van der Waals surface area (Å²) in [7, 11) is 1.39. The summed E-state index contributed by atoms with van der Waals surface area (Å²) in [6, 6.07) is 7.48. The van der Waals surface area contributed by atoms with Gasteiger partial charge in [0.2, 0.25) is 0 Å². The highest BCUT2D eigenvalue weighted by Gasteiger charge is 2.35. The zero-order valence-corrected chi connectivity index (χ0v) is 18.2. The molecule has 2 aliphatic rings. The number of carbonyl (C=O) groups excluding carboxylic acids is 2. The number of ketones is 1. The van der Waals surface area contributed by atoms with Gasteiger partial charge in [-0.15, -0.1) is 11.3 Å². The number of fused-ring (bicyclic) bond motifs is 3. The molecule has 2 heterocycles. The number of benzene rings is 1. The number of hydrogen-bond donors (Lipinski definition) is 0. The van der Waals surface area contributed by atoms with Crippen LogP contribution in [0.5, 0.6) is 0 Å². The summed E-state index contributed by atoms with van der Waals surface area (Å²) < 4.78 is 4.85. The predicted octanol–water partition coefficient (Wildman–Crippen LogP) is 5.92. The zero-order valence-electron chi connectivity index (χ0n) is 17.4. The molecule has 0 amide bonds. The first-order valence-corrected chi connectivity index (χ1v) is 11.6. The Labute approximate surface area is 180 Å². The molecule has 1 fully saturated rings. The van der Waals surface area contributed by atoms with Gasteiger partial charge in [-0.25, -0.2) is 9.78 Å². The maximum atomic E-state index is 13.3. The molecule has 0 atom stereocenters. The Morgan fingerprint density at radius 3 is 2.50 bits per heavy atom. The quantitative estimate of drug-likeness (QED) is 0.299. The third-order valence-corrected chi connectivity index (χ3v) is 7.51. The predicted molar refractivity (Wildman–Crippen MR) is 119 cm³/mol. The van der Waals surface area contributed by atoms with Gasteiger partial charge in [0.05, 0.1) is 18.4 Å². The molecule has 154 valence electrons. The summed E-state index contributed by atoms with van der Waals surface area (Å²) in [6.45, 7) is 1.96. The molecule has 2 aliphatic carbocycles. The van der Waals surface area contributed by atoms with Crippen molar-refractivity contribution in [3.63, 3.8) is 0 Å². The van der Waals surface area contributed by atoms with Crippen molar-refractivity contribution < 1.29 is 14.3 Å². The highest BCUT2D eigenvalue weighted by molar-refractivity contribution is 7.19. The first-order chi connectivity index (χ1) is 14.6. The van der Waals surface area contributed by atoms with Crippen LogP contribution in [0.3, 0.4) is 0 Å².